The van der Waals surface area contributed by atoms with Gasteiger partial charge in [-0.15, -0.1) is 0 Å². The van der Waals surface area contributed by atoms with Gasteiger partial charge in [0.2, 0.25) is 24.5 Å². The molecule has 0 saturated carbocycles. The monoisotopic (exact) mass is 1160 g/mol. The lowest BCUT2D eigenvalue weighted by molar-refractivity contribution is -0.428. The van der Waals surface area contributed by atoms with Crippen LogP contribution < -0.4 is 15.1 Å². The lowest BCUT2D eigenvalue weighted by Gasteiger charge is -2.25. The van der Waals surface area contributed by atoms with Crippen LogP contribution in [0, 0.1) is 0 Å². The minimum absolute atomic E-state index is 0.0238. The number of anilines is 2. The number of nitrogens with one attached hydrogen (secondary N) is 1. The zero-order valence-corrected chi connectivity index (χ0v) is 47.7. The Bertz CT molecular complexity index is 3990. The summed E-state index contributed by atoms with van der Waals surface area (Å²) in [5.41, 5.74) is 2.98. The van der Waals surface area contributed by atoms with Crippen LogP contribution in [0.15, 0.2) is 147 Å². The molecule has 21 nitrogen and oxygen atoms in total. The van der Waals surface area contributed by atoms with Crippen molar-refractivity contribution in [1.29, 1.82) is 0 Å². The predicted octanol–water partition coefficient (Wildman–Crippen LogP) is 5.75. The molecular weight excluding hydrogens is 1110 g/mol. The first kappa shape index (κ1) is 59.3. The maximum Gasteiger partial charge on any atom is 0.370 e. The largest absolute Gasteiger partial charge is 0.744 e. The molecule has 4 aromatic carbocycles. The molecule has 0 fully saturated rings. The number of aliphatic carboxylic acids is 3. The van der Waals surface area contributed by atoms with Crippen molar-refractivity contribution < 1.29 is 82.6 Å². The summed E-state index contributed by atoms with van der Waals surface area (Å²) >= 11 is 0. The summed E-state index contributed by atoms with van der Waals surface area (Å²) in [5.74, 6) is -3.89. The van der Waals surface area contributed by atoms with Crippen LogP contribution in [0.4, 0.5) is 22.7 Å². The van der Waals surface area contributed by atoms with Crippen LogP contribution in [0.25, 0.3) is 0 Å². The fourth-order valence-electron chi connectivity index (χ4n) is 11.3. The molecule has 0 atom stereocenters. The van der Waals surface area contributed by atoms with Crippen molar-refractivity contribution in [2.45, 2.75) is 98.3 Å². The highest BCUT2D eigenvalue weighted by Crippen LogP contribution is 2.50. The standard InChI is InChI=1S/C57H59N5O16S3/c1-54(2)38-25-34(17-21-42(38)60(31-51(64)65)48(54)15-12-16-49-57(7,8)41-28-37(81(76,77)78)20-24-45(41)62(49)33-53(68)69)29-58-50(63)30-59-43-22-18-35(79(70,71)72)26-39(43)55(3,4)46(59)13-10-9-11-14-47-56(5,6)40-27-36(80(73,74)75)19-23-44(40)61(47)32-52(66)67/h9-28H,29-33H2,1-8H3,(H5-2,58,63,64,65,66,67,68,69,70,71,72,73,74,75,76,77,78)/p-1. The lowest BCUT2D eigenvalue weighted by Crippen LogP contribution is -2.34. The molecule has 0 spiro atoms. The van der Waals surface area contributed by atoms with Gasteiger partial charge in [-0.25, -0.2) is 30.0 Å². The summed E-state index contributed by atoms with van der Waals surface area (Å²) in [4.78, 5) is 52.3. The molecule has 24 heteroatoms. The first-order valence-electron chi connectivity index (χ1n) is 25.1. The van der Waals surface area contributed by atoms with Crippen LogP contribution in [-0.2, 0) is 77.7 Å². The number of carbonyl (C=O) groups excluding carboxylic acids is 1. The Morgan fingerprint density at radius 3 is 1.37 bits per heavy atom. The second-order valence-electron chi connectivity index (χ2n) is 22.0. The first-order valence-corrected chi connectivity index (χ1v) is 29.4. The van der Waals surface area contributed by atoms with E-state index in [1.54, 1.807) is 112 Å². The van der Waals surface area contributed by atoms with Crippen LogP contribution >= 0.6 is 0 Å². The molecule has 4 N–H and O–H groups in total. The van der Waals surface area contributed by atoms with Crippen LogP contribution in [-0.4, -0.2) is 125 Å². The van der Waals surface area contributed by atoms with Crippen molar-refractivity contribution in [3.8, 4) is 0 Å². The molecule has 0 saturated heterocycles. The number of amides is 1. The molecule has 0 radical (unpaired) electrons. The number of carbonyl (C=O) groups is 4. The number of fused-ring (bicyclic) bond motifs is 4. The number of carboxylic acids is 3. The molecule has 1 amide bonds. The Hall–Kier alpha value is -7.87. The number of hydrogen-bond acceptors (Lipinski definition) is 15. The average Bonchev–Trinajstić information content (AvgIpc) is 4.14. The van der Waals surface area contributed by atoms with E-state index >= 15 is 0 Å². The minimum Gasteiger partial charge on any atom is -0.744 e. The summed E-state index contributed by atoms with van der Waals surface area (Å²) < 4.78 is 111. The number of allylic oxidation sites excluding steroid dienone is 10. The van der Waals surface area contributed by atoms with Crippen LogP contribution in [0.3, 0.4) is 0 Å². The summed E-state index contributed by atoms with van der Waals surface area (Å²) in [6, 6.07) is 16.8. The Labute approximate surface area is 468 Å². The summed E-state index contributed by atoms with van der Waals surface area (Å²) in [6.07, 6.45) is 13.4. The molecule has 4 heterocycles. The Balaban J connectivity index is 1.06. The maximum absolute atomic E-state index is 14.1. The zero-order chi connectivity index (χ0) is 59.7. The second kappa shape index (κ2) is 20.9. The van der Waals surface area contributed by atoms with Gasteiger partial charge in [-0.05, 0) is 105 Å². The van der Waals surface area contributed by atoms with Crippen molar-refractivity contribution in [2.24, 2.45) is 0 Å². The molecule has 4 aromatic rings. The predicted molar refractivity (Wildman–Crippen MR) is 294 cm³/mol. The molecule has 81 heavy (non-hydrogen) atoms. The Morgan fingerprint density at radius 2 is 0.914 bits per heavy atom. The van der Waals surface area contributed by atoms with Gasteiger partial charge in [0.15, 0.2) is 11.4 Å². The van der Waals surface area contributed by atoms with E-state index < -0.39 is 110 Å². The Morgan fingerprint density at radius 1 is 0.506 bits per heavy atom. The van der Waals surface area contributed by atoms with Crippen LogP contribution in [0.1, 0.15) is 83.2 Å². The van der Waals surface area contributed by atoms with E-state index in [1.165, 1.54) is 51.9 Å². The van der Waals surface area contributed by atoms with E-state index in [1.807, 2.05) is 19.9 Å². The number of benzene rings is 4. The number of nitrogens with zero attached hydrogens (tertiary/aromatic N) is 4. The van der Waals surface area contributed by atoms with Crippen LogP contribution in [0.2, 0.25) is 0 Å². The van der Waals surface area contributed by atoms with Gasteiger partial charge < -0.3 is 44.1 Å². The highest BCUT2D eigenvalue weighted by atomic mass is 32.2. The molecule has 4 aliphatic heterocycles. The number of carboxylic acid groups (broad SMARTS) is 3. The summed E-state index contributed by atoms with van der Waals surface area (Å²) in [7, 11) is -14.5. The maximum atomic E-state index is 14.1. The van der Waals surface area contributed by atoms with Gasteiger partial charge >= 0.3 is 17.9 Å². The van der Waals surface area contributed by atoms with Crippen molar-refractivity contribution in [2.75, 3.05) is 36.0 Å². The molecule has 426 valence electrons. The Kier molecular flexibility index (Phi) is 15.3. The zero-order valence-electron chi connectivity index (χ0n) is 45.2. The van der Waals surface area contributed by atoms with E-state index in [0.717, 1.165) is 17.7 Å². The second-order valence-corrected chi connectivity index (χ2v) is 26.2. The fourth-order valence-corrected chi connectivity index (χ4v) is 12.8. The van der Waals surface area contributed by atoms with E-state index in [0.29, 0.717) is 67.8 Å². The van der Waals surface area contributed by atoms with Crippen molar-refractivity contribution in [1.82, 2.24) is 5.32 Å². The van der Waals surface area contributed by atoms with Gasteiger partial charge in [-0.3, -0.25) is 14.4 Å². The average molecular weight is 1170 g/mol. The third kappa shape index (κ3) is 11.3. The summed E-state index contributed by atoms with van der Waals surface area (Å²) in [5, 5.41) is 32.7. The molecular formula is C57H58N5O16S3-. The smallest absolute Gasteiger partial charge is 0.370 e. The van der Waals surface area contributed by atoms with E-state index in [4.69, 9.17) is 0 Å². The van der Waals surface area contributed by atoms with Crippen LogP contribution in [0.5, 0.6) is 0 Å². The normalized spacial score (nSPS) is 18.9. The van der Waals surface area contributed by atoms with Gasteiger partial charge in [0.25, 0.3) is 5.91 Å². The van der Waals surface area contributed by atoms with E-state index in [-0.39, 0.29) is 13.1 Å². The number of rotatable bonds is 18. The molecule has 4 aliphatic rings. The molecule has 0 aromatic heterocycles. The van der Waals surface area contributed by atoms with Crippen molar-refractivity contribution in [3.05, 3.63) is 161 Å². The highest BCUT2D eigenvalue weighted by molar-refractivity contribution is 7.86. The quantitative estimate of drug-likeness (QED) is 0.0523. The van der Waals surface area contributed by atoms with Gasteiger partial charge in [-0.1, -0.05) is 64.1 Å². The molecule has 0 aliphatic carbocycles. The SMILES string of the molecule is CC1(C)C(=CC=CC2=[N+](CC(=O)O)c3ccc(S(=O)(=O)[O-])cc3C2(C)C)N(CC(=O)O)c2ccc(CNC(=O)C[N+]3=C(/C=C/C=C/C=C4/N(CC(=O)O)c5ccc(S(=O)(=O)[O-])cc5C4(C)C)C(C)(C)c4cc(S(=O)(=O)[O-])ccc43)cc21. The van der Waals surface area contributed by atoms with Gasteiger partial charge in [0, 0.05) is 75.6 Å². The highest BCUT2D eigenvalue weighted by Gasteiger charge is 2.48. The van der Waals surface area contributed by atoms with E-state index in [9.17, 15) is 73.4 Å². The third-order valence-corrected chi connectivity index (χ3v) is 17.8. The van der Waals surface area contributed by atoms with Crippen molar-refractivity contribution in [3.63, 3.8) is 0 Å². The van der Waals surface area contributed by atoms with Gasteiger partial charge in [-0.2, -0.15) is 9.15 Å². The van der Waals surface area contributed by atoms with Gasteiger partial charge in [0.1, 0.15) is 43.4 Å². The van der Waals surface area contributed by atoms with Gasteiger partial charge in [0.05, 0.1) is 25.5 Å². The fraction of sp³-hybridized carbons (Fsp3) is 0.298. The molecule has 0 unspecified atom stereocenters. The molecule has 0 bridgehead atoms. The minimum atomic E-state index is -4.88. The van der Waals surface area contributed by atoms with E-state index in [2.05, 4.69) is 5.32 Å². The van der Waals surface area contributed by atoms with Crippen molar-refractivity contribution >= 4 is 88.3 Å². The topological polar surface area (TPSA) is 325 Å². The molecule has 8 rings (SSSR count). The lowest BCUT2D eigenvalue weighted by atomic mass is 9.81. The first-order chi connectivity index (χ1) is 37.5. The number of hydrogen-bond donors (Lipinski definition) is 4. The third-order valence-electron chi connectivity index (χ3n) is 15.3. The summed E-state index contributed by atoms with van der Waals surface area (Å²) in [6.45, 7) is 12.9.